The standard InChI is InChI=1S/C12H19OP/c1-14(2,3,4)12(13)10-11-8-6-5-7-9-11/h5-9H,10H2,1-4H3. The van der Waals surface area contributed by atoms with Crippen LogP contribution in [0.4, 0.5) is 0 Å². The van der Waals surface area contributed by atoms with E-state index in [0.717, 1.165) is 5.56 Å². The van der Waals surface area contributed by atoms with Gasteiger partial charge in [0.25, 0.3) is 0 Å². The monoisotopic (exact) mass is 210 g/mol. The zero-order chi connectivity index (χ0) is 10.8. The molecule has 14 heavy (non-hydrogen) atoms. The van der Waals surface area contributed by atoms with Crippen LogP contribution in [0.15, 0.2) is 30.3 Å². The fourth-order valence-corrected chi connectivity index (χ4v) is 1.90. The van der Waals surface area contributed by atoms with Gasteiger partial charge in [-0.2, -0.15) is 0 Å². The molecule has 0 amide bonds. The van der Waals surface area contributed by atoms with Gasteiger partial charge in [-0.15, -0.1) is 0 Å². The molecule has 0 spiro atoms. The zero-order valence-corrected chi connectivity index (χ0v) is 10.3. The molecule has 0 heterocycles. The summed E-state index contributed by atoms with van der Waals surface area (Å²) in [7, 11) is 0. The van der Waals surface area contributed by atoms with Crippen LogP contribution in [0.1, 0.15) is 5.56 Å². The molecule has 0 saturated heterocycles. The summed E-state index contributed by atoms with van der Waals surface area (Å²) in [6, 6.07) is 9.96. The summed E-state index contributed by atoms with van der Waals surface area (Å²) in [6.45, 7) is 6.39. The summed E-state index contributed by atoms with van der Waals surface area (Å²) in [5.41, 5.74) is 1.53. The Morgan fingerprint density at radius 1 is 1.07 bits per heavy atom. The maximum absolute atomic E-state index is 12.0. The zero-order valence-electron chi connectivity index (χ0n) is 9.45. The number of rotatable bonds is 3. The van der Waals surface area contributed by atoms with Crippen LogP contribution < -0.4 is 0 Å². The number of benzene rings is 1. The van der Waals surface area contributed by atoms with Crippen molar-refractivity contribution in [2.24, 2.45) is 0 Å². The predicted octanol–water partition coefficient (Wildman–Crippen LogP) is 2.83. The predicted molar refractivity (Wildman–Crippen MR) is 65.8 cm³/mol. The third kappa shape index (κ3) is 3.23. The van der Waals surface area contributed by atoms with Gasteiger partial charge in [0.05, 0.1) is 0 Å². The van der Waals surface area contributed by atoms with E-state index in [9.17, 15) is 4.79 Å². The van der Waals surface area contributed by atoms with Crippen molar-refractivity contribution in [3.05, 3.63) is 35.9 Å². The number of carbonyl (C=O) groups is 1. The quantitative estimate of drug-likeness (QED) is 0.701. The molecule has 1 nitrogen and oxygen atoms in total. The summed E-state index contributed by atoms with van der Waals surface area (Å²) < 4.78 is 0. The summed E-state index contributed by atoms with van der Waals surface area (Å²) >= 11 is 0. The van der Waals surface area contributed by atoms with Gasteiger partial charge < -0.3 is 0 Å². The number of hydrogen-bond acceptors (Lipinski definition) is 1. The van der Waals surface area contributed by atoms with Crippen LogP contribution in [0.25, 0.3) is 0 Å². The molecule has 0 fully saturated rings. The molecule has 1 aromatic rings. The number of hydrogen-bond donors (Lipinski definition) is 0. The van der Waals surface area contributed by atoms with E-state index in [1.165, 1.54) is 0 Å². The molecule has 1 aromatic carbocycles. The second-order valence-corrected chi connectivity index (χ2v) is 13.3. The molecule has 0 bridgehead atoms. The Bertz CT molecular complexity index is 323. The van der Waals surface area contributed by atoms with Gasteiger partial charge in [-0.1, -0.05) is 0 Å². The van der Waals surface area contributed by atoms with E-state index in [2.05, 4.69) is 26.7 Å². The first-order valence-electron chi connectivity index (χ1n) is 4.83. The maximum atomic E-state index is 12.0. The van der Waals surface area contributed by atoms with Crippen LogP contribution >= 0.6 is 6.60 Å². The van der Waals surface area contributed by atoms with Crippen molar-refractivity contribution in [2.45, 2.75) is 6.42 Å². The van der Waals surface area contributed by atoms with Gasteiger partial charge in [-0.25, -0.2) is 0 Å². The first-order chi connectivity index (χ1) is 6.26. The van der Waals surface area contributed by atoms with Crippen LogP contribution in [0, 0.1) is 0 Å². The minimum atomic E-state index is -2.04. The first-order valence-corrected chi connectivity index (χ1v) is 8.86. The van der Waals surface area contributed by atoms with Gasteiger partial charge in [-0.3, -0.25) is 0 Å². The van der Waals surface area contributed by atoms with Gasteiger partial charge >= 0.3 is 85.9 Å². The molecule has 0 atom stereocenters. The van der Waals surface area contributed by atoms with E-state index in [4.69, 9.17) is 0 Å². The Kier molecular flexibility index (Phi) is 2.83. The topological polar surface area (TPSA) is 17.1 Å². The molecule has 0 unspecified atom stereocenters. The minimum absolute atomic E-state index is 0.405. The first kappa shape index (κ1) is 11.4. The molecule has 0 N–H and O–H groups in total. The van der Waals surface area contributed by atoms with E-state index < -0.39 is 6.60 Å². The fraction of sp³-hybridized carbons (Fsp3) is 0.417. The molecule has 0 saturated carbocycles. The normalized spacial score (nSPS) is 14.4. The van der Waals surface area contributed by atoms with E-state index in [-0.39, 0.29) is 0 Å². The van der Waals surface area contributed by atoms with Crippen molar-refractivity contribution in [2.75, 3.05) is 26.7 Å². The second-order valence-electron chi connectivity index (χ2n) is 5.63. The van der Waals surface area contributed by atoms with Crippen molar-refractivity contribution in [3.63, 3.8) is 0 Å². The van der Waals surface area contributed by atoms with E-state index in [1.807, 2.05) is 30.3 Å². The summed E-state index contributed by atoms with van der Waals surface area (Å²) in [5.74, 6) is 0. The SMILES string of the molecule is CP(C)(C)(C)C(=O)Cc1ccccc1. The van der Waals surface area contributed by atoms with Crippen LogP contribution in [0.5, 0.6) is 0 Å². The number of carbonyl (C=O) groups excluding carboxylic acids is 1. The second kappa shape index (κ2) is 3.47. The van der Waals surface area contributed by atoms with Crippen LogP contribution in [0.3, 0.4) is 0 Å². The van der Waals surface area contributed by atoms with Crippen LogP contribution in [-0.4, -0.2) is 32.2 Å². The average Bonchev–Trinajstić information content (AvgIpc) is 2.03. The molecular weight excluding hydrogens is 191 g/mol. The van der Waals surface area contributed by atoms with Gasteiger partial charge in [0.2, 0.25) is 0 Å². The molecule has 0 aliphatic rings. The van der Waals surface area contributed by atoms with E-state index in [1.54, 1.807) is 0 Å². The van der Waals surface area contributed by atoms with Crippen molar-refractivity contribution in [3.8, 4) is 0 Å². The molecule has 2 heteroatoms. The molecule has 0 aliphatic carbocycles. The van der Waals surface area contributed by atoms with Crippen molar-refractivity contribution in [1.82, 2.24) is 0 Å². The Labute approximate surface area is 86.5 Å². The van der Waals surface area contributed by atoms with Gasteiger partial charge in [-0.05, 0) is 0 Å². The molecule has 1 rings (SSSR count). The molecule has 0 aliphatic heterocycles. The van der Waals surface area contributed by atoms with Crippen molar-refractivity contribution >= 4 is 12.1 Å². The summed E-state index contributed by atoms with van der Waals surface area (Å²) in [4.78, 5) is 12.0. The summed E-state index contributed by atoms with van der Waals surface area (Å²) in [5, 5.41) is 0. The van der Waals surface area contributed by atoms with Crippen LogP contribution in [-0.2, 0) is 11.2 Å². The Morgan fingerprint density at radius 3 is 2.00 bits per heavy atom. The van der Waals surface area contributed by atoms with E-state index in [0.29, 0.717) is 11.9 Å². The third-order valence-electron chi connectivity index (χ3n) is 2.20. The Balaban J connectivity index is 2.78. The Morgan fingerprint density at radius 2 is 1.57 bits per heavy atom. The third-order valence-corrected chi connectivity index (χ3v) is 4.35. The van der Waals surface area contributed by atoms with Crippen LogP contribution in [0.2, 0.25) is 0 Å². The molecule has 78 valence electrons. The van der Waals surface area contributed by atoms with Gasteiger partial charge in [0.15, 0.2) is 0 Å². The Hall–Kier alpha value is -0.680. The fourth-order valence-electron chi connectivity index (χ4n) is 1.09. The van der Waals surface area contributed by atoms with Crippen molar-refractivity contribution < 1.29 is 4.79 Å². The van der Waals surface area contributed by atoms with Gasteiger partial charge in [0, 0.05) is 0 Å². The van der Waals surface area contributed by atoms with E-state index >= 15 is 0 Å². The molecular formula is C12H19OP. The molecule has 0 aromatic heterocycles. The molecule has 0 radical (unpaired) electrons. The van der Waals surface area contributed by atoms with Crippen molar-refractivity contribution in [1.29, 1.82) is 0 Å². The average molecular weight is 210 g/mol. The van der Waals surface area contributed by atoms with Gasteiger partial charge in [0.1, 0.15) is 0 Å². The summed E-state index contributed by atoms with van der Waals surface area (Å²) in [6.07, 6.45) is 0.582.